The Labute approximate surface area is 150 Å². The second kappa shape index (κ2) is 7.23. The minimum atomic E-state index is -0.908. The van der Waals surface area contributed by atoms with Gasteiger partial charge in [0.25, 0.3) is 5.91 Å². The van der Waals surface area contributed by atoms with E-state index < -0.39 is 29.7 Å². The molecule has 1 heterocycles. The topological polar surface area (TPSA) is 97.1 Å². The molecular weight excluding hydrogens is 339 g/mol. The molecule has 2 aromatic rings. The third-order valence-electron chi connectivity index (χ3n) is 4.55. The largest absolute Gasteiger partial charge is 0.481 e. The maximum atomic E-state index is 13.5. The molecule has 0 aliphatic heterocycles. The molecule has 0 radical (unpaired) electrons. The lowest BCUT2D eigenvalue weighted by molar-refractivity contribution is -0.142. The van der Waals surface area contributed by atoms with Crippen molar-refractivity contribution in [2.75, 3.05) is 0 Å². The predicted octanol–water partition coefficient (Wildman–Crippen LogP) is 2.51. The Morgan fingerprint density at radius 2 is 2.12 bits per heavy atom. The number of nitrogens with one attached hydrogen (secondary N) is 1. The first-order chi connectivity index (χ1) is 12.4. The number of aliphatic carboxylic acids is 1. The molecule has 26 heavy (non-hydrogen) atoms. The lowest BCUT2D eigenvalue weighted by atomic mass is 10.0. The highest BCUT2D eigenvalue weighted by Gasteiger charge is 2.34. The lowest BCUT2D eigenvalue weighted by Gasteiger charge is -2.16. The van der Waals surface area contributed by atoms with Crippen molar-refractivity contribution in [1.82, 2.24) is 20.1 Å². The molecule has 7 nitrogen and oxygen atoms in total. The van der Waals surface area contributed by atoms with Crippen LogP contribution in [-0.2, 0) is 4.79 Å². The van der Waals surface area contributed by atoms with E-state index in [-0.39, 0.29) is 11.7 Å². The van der Waals surface area contributed by atoms with E-state index >= 15 is 0 Å². The smallest absolute Gasteiger partial charge is 0.308 e. The number of nitrogens with zero attached hydrogens (tertiary/aromatic N) is 3. The summed E-state index contributed by atoms with van der Waals surface area (Å²) < 4.78 is 15.0. The van der Waals surface area contributed by atoms with Crippen molar-refractivity contribution in [1.29, 1.82) is 0 Å². The fraction of sp³-hybridized carbons (Fsp3) is 0.444. The summed E-state index contributed by atoms with van der Waals surface area (Å²) in [5.74, 6) is -1.97. The Balaban J connectivity index is 1.87. The Hall–Kier alpha value is -2.77. The second-order valence-electron chi connectivity index (χ2n) is 6.80. The molecule has 0 bridgehead atoms. The van der Waals surface area contributed by atoms with E-state index in [1.54, 1.807) is 12.1 Å². The minimum absolute atomic E-state index is 0.0365. The van der Waals surface area contributed by atoms with Crippen molar-refractivity contribution >= 4 is 11.9 Å². The standard InChI is InChI=1S/C18H21FN4O3/c1-10(2)16-21-15(22-23(16)12-6-3-5-11(19)9-12)17(24)20-14-8-4-7-13(14)18(25)26/h3,5-6,9-10,13-14H,4,7-8H2,1-2H3,(H,20,24)(H,25,26)/t13-,14+/m0/s1. The SMILES string of the molecule is CC(C)c1nc(C(=O)N[C@@H]2CCC[C@@H]2C(=O)O)nn1-c1cccc(F)c1. The molecular formula is C18H21FN4O3. The van der Waals surface area contributed by atoms with E-state index in [9.17, 15) is 19.1 Å². The number of rotatable bonds is 5. The van der Waals surface area contributed by atoms with Crippen LogP contribution in [0.25, 0.3) is 5.69 Å². The van der Waals surface area contributed by atoms with Gasteiger partial charge in [-0.05, 0) is 31.0 Å². The molecule has 1 aromatic heterocycles. The fourth-order valence-electron chi connectivity index (χ4n) is 3.25. The summed E-state index contributed by atoms with van der Waals surface area (Å²) in [6.45, 7) is 3.80. The van der Waals surface area contributed by atoms with Crippen molar-refractivity contribution in [3.05, 3.63) is 41.7 Å². The number of carboxylic acids is 1. The molecule has 0 saturated heterocycles. The van der Waals surface area contributed by atoms with E-state index in [1.807, 2.05) is 13.8 Å². The molecule has 1 aliphatic rings. The van der Waals surface area contributed by atoms with Gasteiger partial charge >= 0.3 is 5.97 Å². The van der Waals surface area contributed by atoms with Crippen molar-refractivity contribution in [3.8, 4) is 5.69 Å². The third kappa shape index (κ3) is 3.58. The van der Waals surface area contributed by atoms with Gasteiger partial charge in [0, 0.05) is 12.0 Å². The van der Waals surface area contributed by atoms with Gasteiger partial charge < -0.3 is 10.4 Å². The van der Waals surface area contributed by atoms with Gasteiger partial charge in [-0.1, -0.05) is 26.3 Å². The lowest BCUT2D eigenvalue weighted by Crippen LogP contribution is -2.40. The number of hydrogen-bond donors (Lipinski definition) is 2. The quantitative estimate of drug-likeness (QED) is 0.854. The second-order valence-corrected chi connectivity index (χ2v) is 6.80. The monoisotopic (exact) mass is 360 g/mol. The van der Waals surface area contributed by atoms with Crippen LogP contribution in [0.2, 0.25) is 0 Å². The maximum Gasteiger partial charge on any atom is 0.308 e. The van der Waals surface area contributed by atoms with Crippen LogP contribution in [0.15, 0.2) is 24.3 Å². The average molecular weight is 360 g/mol. The van der Waals surface area contributed by atoms with Crippen LogP contribution in [0.5, 0.6) is 0 Å². The van der Waals surface area contributed by atoms with Crippen LogP contribution in [-0.4, -0.2) is 37.8 Å². The number of amides is 1. The molecule has 0 spiro atoms. The molecule has 1 amide bonds. The number of carbonyl (C=O) groups excluding carboxylic acids is 1. The van der Waals surface area contributed by atoms with Gasteiger partial charge in [0.2, 0.25) is 5.82 Å². The van der Waals surface area contributed by atoms with E-state index in [1.165, 1.54) is 16.8 Å². The summed E-state index contributed by atoms with van der Waals surface area (Å²) in [6.07, 6.45) is 1.91. The molecule has 1 aromatic carbocycles. The van der Waals surface area contributed by atoms with Gasteiger partial charge in [-0.2, -0.15) is 0 Å². The van der Waals surface area contributed by atoms with Crippen molar-refractivity contribution in [2.24, 2.45) is 5.92 Å². The van der Waals surface area contributed by atoms with Gasteiger partial charge in [-0.25, -0.2) is 14.1 Å². The summed E-state index contributed by atoms with van der Waals surface area (Å²) >= 11 is 0. The number of halogens is 1. The zero-order chi connectivity index (χ0) is 18.8. The Kier molecular flexibility index (Phi) is 5.01. The first kappa shape index (κ1) is 18.0. The Morgan fingerprint density at radius 3 is 2.77 bits per heavy atom. The molecule has 1 aliphatic carbocycles. The highest BCUT2D eigenvalue weighted by atomic mass is 19.1. The van der Waals surface area contributed by atoms with Crippen LogP contribution in [0.3, 0.4) is 0 Å². The summed E-state index contributed by atoms with van der Waals surface area (Å²) in [5, 5.41) is 16.2. The molecule has 1 fully saturated rings. The third-order valence-corrected chi connectivity index (χ3v) is 4.55. The first-order valence-corrected chi connectivity index (χ1v) is 8.63. The van der Waals surface area contributed by atoms with Gasteiger partial charge in [0.05, 0.1) is 11.6 Å². The maximum absolute atomic E-state index is 13.5. The first-order valence-electron chi connectivity index (χ1n) is 8.63. The Bertz CT molecular complexity index is 834. The van der Waals surface area contributed by atoms with Gasteiger partial charge in [0.1, 0.15) is 11.6 Å². The Morgan fingerprint density at radius 1 is 1.35 bits per heavy atom. The van der Waals surface area contributed by atoms with Crippen LogP contribution in [0, 0.1) is 11.7 Å². The molecule has 3 rings (SSSR count). The van der Waals surface area contributed by atoms with Crippen molar-refractivity contribution in [2.45, 2.75) is 45.1 Å². The van der Waals surface area contributed by atoms with Crippen LogP contribution >= 0.6 is 0 Å². The fourth-order valence-corrected chi connectivity index (χ4v) is 3.25. The normalized spacial score (nSPS) is 19.7. The molecule has 2 atom stereocenters. The number of carboxylic acid groups (broad SMARTS) is 1. The van der Waals surface area contributed by atoms with Crippen LogP contribution in [0.4, 0.5) is 4.39 Å². The number of carbonyl (C=O) groups is 2. The summed E-state index contributed by atoms with van der Waals surface area (Å²) in [4.78, 5) is 28.1. The molecule has 2 N–H and O–H groups in total. The van der Waals surface area contributed by atoms with Gasteiger partial charge in [-0.3, -0.25) is 9.59 Å². The van der Waals surface area contributed by atoms with Crippen molar-refractivity contribution in [3.63, 3.8) is 0 Å². The van der Waals surface area contributed by atoms with E-state index in [0.29, 0.717) is 24.4 Å². The molecule has 8 heteroatoms. The van der Waals surface area contributed by atoms with Gasteiger partial charge in [-0.15, -0.1) is 5.10 Å². The van der Waals surface area contributed by atoms with Crippen LogP contribution < -0.4 is 5.32 Å². The molecule has 1 saturated carbocycles. The summed E-state index contributed by atoms with van der Waals surface area (Å²) in [7, 11) is 0. The summed E-state index contributed by atoms with van der Waals surface area (Å²) in [6, 6.07) is 5.47. The summed E-state index contributed by atoms with van der Waals surface area (Å²) in [5.41, 5.74) is 0.476. The number of hydrogen-bond acceptors (Lipinski definition) is 4. The highest BCUT2D eigenvalue weighted by molar-refractivity contribution is 5.91. The van der Waals surface area contributed by atoms with E-state index in [2.05, 4.69) is 15.4 Å². The van der Waals surface area contributed by atoms with E-state index in [4.69, 9.17) is 0 Å². The van der Waals surface area contributed by atoms with Gasteiger partial charge in [0.15, 0.2) is 0 Å². The predicted molar refractivity (Wildman–Crippen MR) is 91.6 cm³/mol. The number of benzene rings is 1. The zero-order valence-electron chi connectivity index (χ0n) is 14.6. The highest BCUT2D eigenvalue weighted by Crippen LogP contribution is 2.26. The minimum Gasteiger partial charge on any atom is -0.481 e. The average Bonchev–Trinajstić information content (AvgIpc) is 3.21. The zero-order valence-corrected chi connectivity index (χ0v) is 14.6. The number of aromatic nitrogens is 3. The van der Waals surface area contributed by atoms with Crippen LogP contribution in [0.1, 0.15) is 55.5 Å². The van der Waals surface area contributed by atoms with Crippen molar-refractivity contribution < 1.29 is 19.1 Å². The van der Waals surface area contributed by atoms with E-state index in [0.717, 1.165) is 6.42 Å². The molecule has 138 valence electrons. The molecule has 0 unspecified atom stereocenters.